The van der Waals surface area contributed by atoms with E-state index < -0.39 is 6.10 Å². The summed E-state index contributed by atoms with van der Waals surface area (Å²) in [7, 11) is 0. The van der Waals surface area contributed by atoms with E-state index in [1.807, 2.05) is 48.5 Å². The molecule has 3 unspecified atom stereocenters. The molecular formula is C26H26FNO2S. The number of anilines is 1. The minimum absolute atomic E-state index is 0.0564. The lowest BCUT2D eigenvalue weighted by Gasteiger charge is -2.30. The first-order valence-electron chi connectivity index (χ1n) is 10.6. The number of phenols is 1. The normalized spacial score (nSPS) is 19.5. The Hall–Kier alpha value is -2.76. The molecule has 3 nitrogen and oxygen atoms in total. The molecule has 1 aliphatic heterocycles. The molecule has 5 heteroatoms. The molecule has 31 heavy (non-hydrogen) atoms. The molecule has 0 bridgehead atoms. The lowest BCUT2D eigenvalue weighted by molar-refractivity contribution is 0.160. The first-order valence-corrected chi connectivity index (χ1v) is 11.0. The quantitative estimate of drug-likeness (QED) is 0.426. The molecule has 1 fully saturated rings. The predicted molar refractivity (Wildman–Crippen MR) is 126 cm³/mol. The Labute approximate surface area is 187 Å². The summed E-state index contributed by atoms with van der Waals surface area (Å²) in [6.07, 6.45) is 2.39. The van der Waals surface area contributed by atoms with E-state index in [2.05, 4.69) is 4.90 Å². The lowest BCUT2D eigenvalue weighted by atomic mass is 9.88. The van der Waals surface area contributed by atoms with E-state index in [0.29, 0.717) is 6.42 Å². The van der Waals surface area contributed by atoms with E-state index in [-0.39, 0.29) is 23.5 Å². The minimum atomic E-state index is -0.622. The zero-order valence-corrected chi connectivity index (χ0v) is 18.0. The van der Waals surface area contributed by atoms with Crippen LogP contribution in [0.4, 0.5) is 10.1 Å². The van der Waals surface area contributed by atoms with Crippen molar-refractivity contribution in [2.45, 2.75) is 37.8 Å². The van der Waals surface area contributed by atoms with Crippen LogP contribution in [0.15, 0.2) is 78.9 Å². The van der Waals surface area contributed by atoms with Crippen LogP contribution in [0.2, 0.25) is 0 Å². The van der Waals surface area contributed by atoms with E-state index in [1.54, 1.807) is 18.2 Å². The molecule has 0 saturated carbocycles. The first-order chi connectivity index (χ1) is 15.0. The maximum atomic E-state index is 13.1. The predicted octanol–water partition coefficient (Wildman–Crippen LogP) is 6.33. The average molecular weight is 436 g/mol. The van der Waals surface area contributed by atoms with Crippen LogP contribution >= 0.6 is 12.2 Å². The van der Waals surface area contributed by atoms with Crippen molar-refractivity contribution in [3.63, 3.8) is 0 Å². The summed E-state index contributed by atoms with van der Waals surface area (Å²) >= 11 is 5.77. The van der Waals surface area contributed by atoms with Crippen molar-refractivity contribution in [3.05, 3.63) is 95.8 Å². The molecular weight excluding hydrogens is 409 g/mol. The summed E-state index contributed by atoms with van der Waals surface area (Å²) in [4.78, 5) is 3.02. The zero-order chi connectivity index (χ0) is 21.8. The Bertz CT molecular complexity index is 1030. The van der Waals surface area contributed by atoms with Gasteiger partial charge in [-0.25, -0.2) is 4.39 Å². The Morgan fingerprint density at radius 3 is 2.35 bits per heavy atom. The molecule has 0 radical (unpaired) electrons. The van der Waals surface area contributed by atoms with E-state index in [9.17, 15) is 14.6 Å². The largest absolute Gasteiger partial charge is 0.508 e. The van der Waals surface area contributed by atoms with Crippen molar-refractivity contribution in [1.29, 1.82) is 0 Å². The molecule has 1 aliphatic rings. The van der Waals surface area contributed by atoms with Gasteiger partial charge in [0.2, 0.25) is 0 Å². The highest BCUT2D eigenvalue weighted by atomic mass is 32.1. The monoisotopic (exact) mass is 435 g/mol. The van der Waals surface area contributed by atoms with Crippen LogP contribution < -0.4 is 4.90 Å². The second-order valence-corrected chi connectivity index (χ2v) is 8.54. The topological polar surface area (TPSA) is 43.7 Å². The maximum Gasteiger partial charge on any atom is 0.123 e. The zero-order valence-electron chi connectivity index (χ0n) is 17.2. The molecule has 1 saturated heterocycles. The first kappa shape index (κ1) is 21.5. The fourth-order valence-corrected chi connectivity index (χ4v) is 4.94. The average Bonchev–Trinajstić information content (AvgIpc) is 3.10. The van der Waals surface area contributed by atoms with Crippen LogP contribution in [0.1, 0.15) is 49.0 Å². The standard InChI is InChI=1S/C26H26FNO2S/c27-20-15-13-18(14-16-20)23(29)12-6-7-19-17-25(31)28(21-8-2-1-3-9-21)26(19)22-10-4-5-11-24(22)30/h1-5,8-11,13-16,19,23,26,29-30H,6-7,12,17H2. The Balaban J connectivity index is 1.52. The van der Waals surface area contributed by atoms with Crippen LogP contribution in [0.25, 0.3) is 0 Å². The SMILES string of the molecule is Oc1ccccc1C1C(CCCC(O)c2ccc(F)cc2)CC(=S)N1c1ccccc1. The molecule has 3 aromatic rings. The van der Waals surface area contributed by atoms with Gasteiger partial charge in [0, 0.05) is 17.7 Å². The molecule has 4 rings (SSSR count). The maximum absolute atomic E-state index is 13.1. The number of aliphatic hydroxyl groups excluding tert-OH is 1. The summed E-state index contributed by atoms with van der Waals surface area (Å²) in [5, 5.41) is 21.1. The van der Waals surface area contributed by atoms with Gasteiger partial charge in [-0.3, -0.25) is 0 Å². The third-order valence-electron chi connectivity index (χ3n) is 6.03. The smallest absolute Gasteiger partial charge is 0.123 e. The number of para-hydroxylation sites is 2. The van der Waals surface area contributed by atoms with Gasteiger partial charge in [-0.1, -0.05) is 67.2 Å². The Kier molecular flexibility index (Phi) is 6.64. The van der Waals surface area contributed by atoms with Gasteiger partial charge in [0.25, 0.3) is 0 Å². The highest BCUT2D eigenvalue weighted by molar-refractivity contribution is 7.80. The lowest BCUT2D eigenvalue weighted by Crippen LogP contribution is -2.28. The molecule has 0 amide bonds. The molecule has 160 valence electrons. The van der Waals surface area contributed by atoms with Crippen molar-refractivity contribution in [1.82, 2.24) is 0 Å². The number of hydrogen-bond acceptors (Lipinski definition) is 3. The number of thiocarbonyl (C=S) groups is 1. The number of benzene rings is 3. The van der Waals surface area contributed by atoms with Gasteiger partial charge >= 0.3 is 0 Å². The summed E-state index contributed by atoms with van der Waals surface area (Å²) in [5.74, 6) is 0.192. The summed E-state index contributed by atoms with van der Waals surface area (Å²) in [6, 6.07) is 23.4. The Morgan fingerprint density at radius 1 is 0.968 bits per heavy atom. The minimum Gasteiger partial charge on any atom is -0.508 e. The van der Waals surface area contributed by atoms with Crippen LogP contribution in [0.3, 0.4) is 0 Å². The van der Waals surface area contributed by atoms with Gasteiger partial charge in [0.05, 0.1) is 17.1 Å². The van der Waals surface area contributed by atoms with E-state index in [4.69, 9.17) is 12.2 Å². The van der Waals surface area contributed by atoms with Crippen LogP contribution in [-0.4, -0.2) is 15.2 Å². The summed E-state index contributed by atoms with van der Waals surface area (Å²) in [5.41, 5.74) is 2.62. The van der Waals surface area contributed by atoms with E-state index in [1.165, 1.54) is 12.1 Å². The van der Waals surface area contributed by atoms with Gasteiger partial charge < -0.3 is 15.1 Å². The molecule has 3 atom stereocenters. The van der Waals surface area contributed by atoms with Crippen LogP contribution in [0, 0.1) is 11.7 Å². The van der Waals surface area contributed by atoms with Crippen LogP contribution in [0.5, 0.6) is 5.75 Å². The summed E-state index contributed by atoms with van der Waals surface area (Å²) < 4.78 is 13.1. The molecule has 0 spiro atoms. The van der Waals surface area contributed by atoms with E-state index >= 15 is 0 Å². The van der Waals surface area contributed by atoms with Crippen LogP contribution in [-0.2, 0) is 0 Å². The fourth-order valence-electron chi connectivity index (χ4n) is 4.51. The second kappa shape index (κ2) is 9.58. The molecule has 3 aromatic carbocycles. The van der Waals surface area contributed by atoms with Crippen molar-refractivity contribution >= 4 is 22.9 Å². The van der Waals surface area contributed by atoms with Gasteiger partial charge in [0.1, 0.15) is 11.6 Å². The van der Waals surface area contributed by atoms with Gasteiger partial charge in [-0.15, -0.1) is 0 Å². The van der Waals surface area contributed by atoms with Gasteiger partial charge in [-0.2, -0.15) is 0 Å². The van der Waals surface area contributed by atoms with Crippen molar-refractivity contribution in [3.8, 4) is 5.75 Å². The highest BCUT2D eigenvalue weighted by Crippen LogP contribution is 2.46. The molecule has 0 aromatic heterocycles. The number of nitrogens with zero attached hydrogens (tertiary/aromatic N) is 1. The number of rotatable bonds is 7. The van der Waals surface area contributed by atoms with E-state index in [0.717, 1.165) is 41.1 Å². The second-order valence-electron chi connectivity index (χ2n) is 8.07. The van der Waals surface area contributed by atoms with Gasteiger partial charge in [0.15, 0.2) is 0 Å². The third kappa shape index (κ3) is 4.78. The summed E-state index contributed by atoms with van der Waals surface area (Å²) in [6.45, 7) is 0. The number of phenolic OH excluding ortho intramolecular Hbond substituents is 1. The number of aromatic hydroxyl groups is 1. The van der Waals surface area contributed by atoms with Crippen molar-refractivity contribution in [2.24, 2.45) is 5.92 Å². The highest BCUT2D eigenvalue weighted by Gasteiger charge is 2.39. The molecule has 1 heterocycles. The van der Waals surface area contributed by atoms with Crippen molar-refractivity contribution in [2.75, 3.05) is 4.90 Å². The third-order valence-corrected chi connectivity index (χ3v) is 6.39. The number of hydrogen-bond donors (Lipinski definition) is 2. The van der Waals surface area contributed by atoms with Crippen molar-refractivity contribution < 1.29 is 14.6 Å². The fraction of sp³-hybridized carbons (Fsp3) is 0.269. The molecule has 0 aliphatic carbocycles. The number of aliphatic hydroxyl groups is 1. The number of halogens is 1. The Morgan fingerprint density at radius 2 is 1.65 bits per heavy atom. The molecule has 2 N–H and O–H groups in total. The van der Waals surface area contributed by atoms with Gasteiger partial charge in [-0.05, 0) is 54.7 Å².